The summed E-state index contributed by atoms with van der Waals surface area (Å²) in [7, 11) is 1.60. The molecule has 9 nitrogen and oxygen atoms in total. The van der Waals surface area contributed by atoms with Crippen molar-refractivity contribution in [3.63, 3.8) is 0 Å². The highest BCUT2D eigenvalue weighted by Gasteiger charge is 2.35. The van der Waals surface area contributed by atoms with Crippen molar-refractivity contribution in [1.29, 1.82) is 0 Å². The van der Waals surface area contributed by atoms with Gasteiger partial charge in [-0.1, -0.05) is 6.07 Å². The van der Waals surface area contributed by atoms with Crippen LogP contribution in [0.1, 0.15) is 57.9 Å². The number of aromatic nitrogens is 5. The zero-order chi connectivity index (χ0) is 26.6. The van der Waals surface area contributed by atoms with Crippen molar-refractivity contribution < 1.29 is 9.13 Å². The van der Waals surface area contributed by atoms with Gasteiger partial charge < -0.3 is 14.2 Å². The van der Waals surface area contributed by atoms with Gasteiger partial charge in [-0.15, -0.1) is 0 Å². The van der Waals surface area contributed by atoms with Crippen LogP contribution in [0.2, 0.25) is 0 Å². The minimum absolute atomic E-state index is 0.0864. The fraction of sp³-hybridized carbons (Fsp3) is 0.500. The average Bonchev–Trinajstić information content (AvgIpc) is 3.29. The quantitative estimate of drug-likeness (QED) is 0.400. The predicted octanol–water partition coefficient (Wildman–Crippen LogP) is 4.18. The van der Waals surface area contributed by atoms with Crippen molar-refractivity contribution in [2.24, 2.45) is 7.05 Å². The Morgan fingerprint density at radius 3 is 2.61 bits per heavy atom. The topological polar surface area (TPSA) is 81.3 Å². The third-order valence-corrected chi connectivity index (χ3v) is 8.24. The maximum Gasteiger partial charge on any atom is 0.253 e. The molecule has 38 heavy (non-hydrogen) atoms. The Kier molecular flexibility index (Phi) is 6.39. The summed E-state index contributed by atoms with van der Waals surface area (Å²) < 4.78 is 24.2. The van der Waals surface area contributed by atoms with E-state index in [2.05, 4.69) is 52.7 Å². The number of nitrogens with zero attached hydrogens (tertiary/aromatic N) is 7. The van der Waals surface area contributed by atoms with E-state index in [1.165, 1.54) is 14.8 Å². The van der Waals surface area contributed by atoms with E-state index in [0.29, 0.717) is 30.8 Å². The molecule has 6 rings (SSSR count). The second-order valence-corrected chi connectivity index (χ2v) is 10.7. The molecule has 0 amide bonds. The number of hydrogen-bond donors (Lipinski definition) is 0. The Hall–Kier alpha value is -3.37. The van der Waals surface area contributed by atoms with Crippen LogP contribution in [-0.4, -0.2) is 61.0 Å². The summed E-state index contributed by atoms with van der Waals surface area (Å²) in [5, 5.41) is 4.69. The molecule has 0 bridgehead atoms. The van der Waals surface area contributed by atoms with Gasteiger partial charge in [0.2, 0.25) is 5.95 Å². The first-order valence-electron chi connectivity index (χ1n) is 13.5. The predicted molar refractivity (Wildman–Crippen MR) is 145 cm³/mol. The Morgan fingerprint density at radius 2 is 1.84 bits per heavy atom. The van der Waals surface area contributed by atoms with Crippen LogP contribution in [0.4, 0.5) is 10.1 Å². The molecule has 0 radical (unpaired) electrons. The highest BCUT2D eigenvalue weighted by atomic mass is 19.1. The largest absolute Gasteiger partial charge is 0.364 e. The zero-order valence-corrected chi connectivity index (χ0v) is 22.3. The van der Waals surface area contributed by atoms with Gasteiger partial charge >= 0.3 is 0 Å². The molecule has 0 spiro atoms. The SMILES string of the molecule is C[C@@H]1CN(c2cc(=O)n(C)c3c(F)n(C4CCCCO4)nc23)[C@@H](C)CN1[C@H](C)c1ccc2nccnc2c1. The first-order chi connectivity index (χ1) is 18.3. The molecule has 4 aromatic rings. The van der Waals surface area contributed by atoms with Gasteiger partial charge in [0.25, 0.3) is 5.56 Å². The summed E-state index contributed by atoms with van der Waals surface area (Å²) in [5.74, 6) is -0.513. The molecule has 200 valence electrons. The highest BCUT2D eigenvalue weighted by Crippen LogP contribution is 2.35. The number of anilines is 1. The van der Waals surface area contributed by atoms with E-state index >= 15 is 4.39 Å². The smallest absolute Gasteiger partial charge is 0.253 e. The lowest BCUT2D eigenvalue weighted by Crippen LogP contribution is -2.57. The van der Waals surface area contributed by atoms with E-state index in [-0.39, 0.29) is 29.2 Å². The van der Waals surface area contributed by atoms with E-state index in [9.17, 15) is 4.79 Å². The summed E-state index contributed by atoms with van der Waals surface area (Å²) in [6, 6.07) is 8.31. The van der Waals surface area contributed by atoms with Crippen molar-refractivity contribution in [2.45, 2.75) is 64.4 Å². The zero-order valence-electron chi connectivity index (χ0n) is 22.3. The van der Waals surface area contributed by atoms with Gasteiger partial charge in [-0.05, 0) is 57.7 Å². The average molecular weight is 520 g/mol. The number of benzene rings is 1. The van der Waals surface area contributed by atoms with Crippen LogP contribution < -0.4 is 10.5 Å². The summed E-state index contributed by atoms with van der Waals surface area (Å²) in [5.41, 5.74) is 4.14. The molecule has 1 unspecified atom stereocenters. The first kappa shape index (κ1) is 24.9. The molecule has 0 aliphatic carbocycles. The van der Waals surface area contributed by atoms with Crippen LogP contribution in [0, 0.1) is 5.95 Å². The van der Waals surface area contributed by atoms with E-state index < -0.39 is 12.2 Å². The fourth-order valence-corrected chi connectivity index (χ4v) is 6.05. The van der Waals surface area contributed by atoms with Crippen molar-refractivity contribution in [1.82, 2.24) is 29.2 Å². The molecule has 2 fully saturated rings. The van der Waals surface area contributed by atoms with E-state index in [4.69, 9.17) is 9.84 Å². The molecule has 4 atom stereocenters. The molecular weight excluding hydrogens is 485 g/mol. The number of halogens is 1. The van der Waals surface area contributed by atoms with Crippen molar-refractivity contribution >= 4 is 27.8 Å². The minimum Gasteiger partial charge on any atom is -0.364 e. The molecule has 2 aliphatic heterocycles. The standard InChI is InChI=1S/C28H34FN7O2/c1-17-16-35(18(2)15-34(17)19(3)20-8-9-21-22(13-20)31-11-10-30-21)23-14-24(37)33(4)27-26(23)32-36(28(27)29)25-7-5-6-12-38-25/h8-11,13-14,17-19,25H,5-7,12,15-16H2,1-4H3/t17-,18+,19-,25?/m1/s1. The van der Waals surface area contributed by atoms with Crippen LogP contribution in [0.5, 0.6) is 0 Å². The molecule has 0 saturated carbocycles. The van der Waals surface area contributed by atoms with Crippen LogP contribution in [0.15, 0.2) is 41.5 Å². The summed E-state index contributed by atoms with van der Waals surface area (Å²) in [6.45, 7) is 8.63. The molecule has 5 heterocycles. The molecular formula is C28H34FN7O2. The van der Waals surface area contributed by atoms with Gasteiger partial charge in [-0.3, -0.25) is 19.7 Å². The second kappa shape index (κ2) is 9.74. The Morgan fingerprint density at radius 1 is 1.05 bits per heavy atom. The summed E-state index contributed by atoms with van der Waals surface area (Å²) in [6.07, 6.45) is 5.62. The molecule has 10 heteroatoms. The van der Waals surface area contributed by atoms with E-state index in [0.717, 1.165) is 30.4 Å². The maximum absolute atomic E-state index is 15.7. The normalized spacial score (nSPS) is 23.8. The van der Waals surface area contributed by atoms with E-state index in [1.54, 1.807) is 25.5 Å². The minimum atomic E-state index is -0.513. The van der Waals surface area contributed by atoms with Crippen LogP contribution >= 0.6 is 0 Å². The third kappa shape index (κ3) is 4.16. The number of hydrogen-bond acceptors (Lipinski definition) is 7. The number of fused-ring (bicyclic) bond motifs is 2. The molecule has 0 N–H and O–H groups in total. The van der Waals surface area contributed by atoms with Gasteiger partial charge in [0.1, 0.15) is 11.0 Å². The van der Waals surface area contributed by atoms with Gasteiger partial charge in [0.15, 0.2) is 6.23 Å². The molecule has 1 aromatic carbocycles. The lowest BCUT2D eigenvalue weighted by Gasteiger charge is -2.47. The molecule has 2 aliphatic rings. The van der Waals surface area contributed by atoms with Crippen molar-refractivity contribution in [3.05, 3.63) is 58.5 Å². The Bertz CT molecular complexity index is 1540. The summed E-state index contributed by atoms with van der Waals surface area (Å²) in [4.78, 5) is 26.5. The number of aryl methyl sites for hydroxylation is 1. The number of rotatable bonds is 4. The van der Waals surface area contributed by atoms with Gasteiger partial charge in [0, 0.05) is 63.3 Å². The van der Waals surface area contributed by atoms with Crippen molar-refractivity contribution in [2.75, 3.05) is 24.6 Å². The van der Waals surface area contributed by atoms with E-state index in [1.807, 2.05) is 6.07 Å². The second-order valence-electron chi connectivity index (χ2n) is 10.7. The van der Waals surface area contributed by atoms with Crippen LogP contribution in [0.3, 0.4) is 0 Å². The third-order valence-electron chi connectivity index (χ3n) is 8.24. The number of pyridine rings is 1. The van der Waals surface area contributed by atoms with Gasteiger partial charge in [-0.2, -0.15) is 9.49 Å². The Balaban J connectivity index is 1.32. The first-order valence-corrected chi connectivity index (χ1v) is 13.5. The fourth-order valence-electron chi connectivity index (χ4n) is 6.05. The number of piperazine rings is 1. The van der Waals surface area contributed by atoms with Crippen LogP contribution in [-0.2, 0) is 11.8 Å². The highest BCUT2D eigenvalue weighted by molar-refractivity contribution is 5.88. The number of ether oxygens (including phenoxy) is 1. The lowest BCUT2D eigenvalue weighted by molar-refractivity contribution is -0.0453. The maximum atomic E-state index is 15.7. The van der Waals surface area contributed by atoms with Crippen molar-refractivity contribution in [3.8, 4) is 0 Å². The Labute approximate surface area is 220 Å². The molecule has 3 aromatic heterocycles. The van der Waals surface area contributed by atoms with Gasteiger partial charge in [-0.25, -0.2) is 4.68 Å². The monoisotopic (exact) mass is 519 g/mol. The molecule has 2 saturated heterocycles. The van der Waals surface area contributed by atoms with Gasteiger partial charge in [0.05, 0.1) is 16.7 Å². The summed E-state index contributed by atoms with van der Waals surface area (Å²) >= 11 is 0. The van der Waals surface area contributed by atoms with Crippen LogP contribution in [0.25, 0.3) is 22.1 Å². The lowest BCUT2D eigenvalue weighted by atomic mass is 10.00.